The molecule has 13 nitrogen and oxygen atoms in total. The second-order valence-corrected chi connectivity index (χ2v) is 13.0. The Balaban J connectivity index is 1.65. The molecule has 3 aromatic carbocycles. The molecule has 0 aliphatic rings. The van der Waals surface area contributed by atoms with Crippen molar-refractivity contribution in [2.24, 2.45) is 4.99 Å². The van der Waals surface area contributed by atoms with Crippen LogP contribution in [0.1, 0.15) is 70.8 Å². The zero-order valence-corrected chi connectivity index (χ0v) is 33.9. The molecule has 0 saturated carbocycles. The maximum atomic E-state index is 12.9. The van der Waals surface area contributed by atoms with Gasteiger partial charge in [-0.3, -0.25) is 19.4 Å². The van der Waals surface area contributed by atoms with Crippen LogP contribution in [-0.2, 0) is 25.7 Å². The summed E-state index contributed by atoms with van der Waals surface area (Å²) in [5.41, 5.74) is 6.66. The van der Waals surface area contributed by atoms with Crippen molar-refractivity contribution in [2.45, 2.75) is 60.4 Å². The van der Waals surface area contributed by atoms with Crippen LogP contribution in [0.3, 0.4) is 0 Å². The van der Waals surface area contributed by atoms with E-state index in [1.165, 1.54) is 7.11 Å². The molecular weight excluding hydrogens is 721 g/mol. The number of benzene rings is 3. The Hall–Kier alpha value is -6.60. The molecule has 0 fully saturated rings. The van der Waals surface area contributed by atoms with Gasteiger partial charge >= 0.3 is 6.09 Å². The molecule has 0 bridgehead atoms. The molecular formula is C44H52N8O5. The Morgan fingerprint density at radius 2 is 1.54 bits per heavy atom. The average molecular weight is 773 g/mol. The number of aromatic nitrogens is 2. The lowest BCUT2D eigenvalue weighted by molar-refractivity contribution is -0.133. The van der Waals surface area contributed by atoms with Gasteiger partial charge in [-0.2, -0.15) is 0 Å². The normalized spacial score (nSPS) is 10.6. The van der Waals surface area contributed by atoms with Crippen molar-refractivity contribution < 1.29 is 23.9 Å². The third kappa shape index (κ3) is 11.5. The van der Waals surface area contributed by atoms with Gasteiger partial charge in [-0.1, -0.05) is 50.8 Å². The molecule has 57 heavy (non-hydrogen) atoms. The molecule has 0 spiro atoms. The lowest BCUT2D eigenvalue weighted by Gasteiger charge is -2.21. The van der Waals surface area contributed by atoms with Gasteiger partial charge in [0.15, 0.2) is 0 Å². The number of fused-ring (bicyclic) bond motifs is 1. The summed E-state index contributed by atoms with van der Waals surface area (Å²) in [5, 5.41) is 10.4. The maximum absolute atomic E-state index is 12.9. The number of amides is 4. The van der Waals surface area contributed by atoms with Crippen LogP contribution in [0.5, 0.6) is 0 Å². The number of nitrogens with zero attached hydrogens (tertiary/aromatic N) is 4. The molecule has 4 rings (SSSR count). The standard InChI is InChI=1S/C44H52N8O5/c1-8-13-31-24-34(37-26-47-38(50-37)29-52(21-11-4)41(55)27-48-39(53)12-5)25-32(14-9-2)42(31)33-15-17-35-30(23-33)16-18-36(43(35)45-6)46-19-22-51(20-10-3)40(54)28-49-44(56)57-7/h15-19,23-26,45H,10-12,20-22,27-29H2,1-7H3,(H,47,50)(H,48,53)(H,49,56). The number of hydrogen-bond acceptors (Lipinski definition) is 8. The first-order valence-electron chi connectivity index (χ1n) is 19.1. The second-order valence-electron chi connectivity index (χ2n) is 13.0. The van der Waals surface area contributed by atoms with Gasteiger partial charge in [-0.15, -0.1) is 11.8 Å². The zero-order valence-electron chi connectivity index (χ0n) is 33.9. The fourth-order valence-electron chi connectivity index (χ4n) is 6.32. The van der Waals surface area contributed by atoms with E-state index in [9.17, 15) is 19.2 Å². The average Bonchev–Trinajstić information content (AvgIpc) is 3.69. The van der Waals surface area contributed by atoms with E-state index in [4.69, 9.17) is 4.99 Å². The van der Waals surface area contributed by atoms with Crippen LogP contribution < -0.4 is 16.0 Å². The molecule has 0 atom stereocenters. The van der Waals surface area contributed by atoms with Crippen LogP contribution in [0, 0.1) is 23.7 Å². The summed E-state index contributed by atoms with van der Waals surface area (Å²) in [6, 6.07) is 14.2. The number of aromatic amines is 1. The summed E-state index contributed by atoms with van der Waals surface area (Å²) >= 11 is 0. The number of nitrogens with one attached hydrogen (secondary N) is 4. The Kier molecular flexibility index (Phi) is 16.3. The van der Waals surface area contributed by atoms with Gasteiger partial charge in [-0.05, 0) is 61.9 Å². The van der Waals surface area contributed by atoms with Crippen molar-refractivity contribution in [3.8, 4) is 46.1 Å². The number of hydrogen-bond donors (Lipinski definition) is 4. The fraction of sp³-hybridized carbons (Fsp3) is 0.364. The van der Waals surface area contributed by atoms with E-state index >= 15 is 0 Å². The van der Waals surface area contributed by atoms with Crippen LogP contribution >= 0.6 is 0 Å². The minimum Gasteiger partial charge on any atom is -0.453 e. The Labute approximate surface area is 335 Å². The summed E-state index contributed by atoms with van der Waals surface area (Å²) in [5.74, 6) is 12.8. The molecule has 0 aliphatic heterocycles. The Morgan fingerprint density at radius 1 is 0.877 bits per heavy atom. The van der Waals surface area contributed by atoms with E-state index in [0.29, 0.717) is 25.3 Å². The van der Waals surface area contributed by atoms with Crippen LogP contribution in [-0.4, -0.2) is 96.7 Å². The molecule has 0 aliphatic carbocycles. The van der Waals surface area contributed by atoms with Crippen molar-refractivity contribution >= 4 is 52.2 Å². The molecule has 4 aromatic rings. The predicted molar refractivity (Wildman–Crippen MR) is 226 cm³/mol. The monoisotopic (exact) mass is 772 g/mol. The first-order valence-corrected chi connectivity index (χ1v) is 19.1. The first kappa shape index (κ1) is 43.1. The molecule has 4 N–H and O–H groups in total. The summed E-state index contributed by atoms with van der Waals surface area (Å²) < 4.78 is 4.57. The van der Waals surface area contributed by atoms with E-state index in [0.717, 1.165) is 68.5 Å². The molecule has 0 saturated heterocycles. The highest BCUT2D eigenvalue weighted by Crippen LogP contribution is 2.38. The topological polar surface area (TPSA) is 161 Å². The minimum atomic E-state index is -0.658. The number of H-pyrrole nitrogens is 1. The zero-order chi connectivity index (χ0) is 41.3. The van der Waals surface area contributed by atoms with E-state index in [-0.39, 0.29) is 43.9 Å². The van der Waals surface area contributed by atoms with Gasteiger partial charge in [0.05, 0.1) is 50.0 Å². The number of alkyl carbamates (subject to hydrolysis) is 1. The number of carbonyl (C=O) groups excluding carboxylic acids is 4. The summed E-state index contributed by atoms with van der Waals surface area (Å²) in [4.78, 5) is 64.9. The van der Waals surface area contributed by atoms with E-state index < -0.39 is 6.09 Å². The molecule has 0 unspecified atom stereocenters. The molecule has 1 heterocycles. The largest absolute Gasteiger partial charge is 0.453 e. The number of methoxy groups -OCH3 is 1. The maximum Gasteiger partial charge on any atom is 0.407 e. The van der Waals surface area contributed by atoms with E-state index in [1.807, 2.05) is 45.2 Å². The molecule has 1 aromatic heterocycles. The third-order valence-electron chi connectivity index (χ3n) is 9.03. The number of anilines is 1. The molecule has 0 radical (unpaired) electrons. The highest BCUT2D eigenvalue weighted by Gasteiger charge is 2.19. The Morgan fingerprint density at radius 3 is 2.18 bits per heavy atom. The van der Waals surface area contributed by atoms with Gasteiger partial charge in [0, 0.05) is 60.4 Å². The third-order valence-corrected chi connectivity index (χ3v) is 9.03. The lowest BCUT2D eigenvalue weighted by atomic mass is 9.90. The second kappa shape index (κ2) is 21.5. The van der Waals surface area contributed by atoms with Crippen LogP contribution in [0.25, 0.3) is 33.2 Å². The van der Waals surface area contributed by atoms with Gasteiger partial charge in [0.25, 0.3) is 0 Å². The highest BCUT2D eigenvalue weighted by molar-refractivity contribution is 6.02. The van der Waals surface area contributed by atoms with Crippen LogP contribution in [0.15, 0.2) is 53.7 Å². The van der Waals surface area contributed by atoms with E-state index in [1.54, 1.807) is 43.0 Å². The van der Waals surface area contributed by atoms with Crippen molar-refractivity contribution in [2.75, 3.05) is 52.2 Å². The number of aliphatic imine (C=N–C) groups is 1. The number of rotatable bonds is 17. The van der Waals surface area contributed by atoms with Crippen molar-refractivity contribution in [3.63, 3.8) is 0 Å². The molecule has 4 amide bonds. The van der Waals surface area contributed by atoms with Gasteiger partial charge in [-0.25, -0.2) is 9.78 Å². The number of carbonyl (C=O) groups is 4. The quantitative estimate of drug-likeness (QED) is 0.0730. The SMILES string of the molecule is CC#Cc1cc(-c2cnc(CN(CCC)C(=O)CNC(=O)CC)[nH]2)cc(C#CC)c1-c1ccc2c(NC)c(N=CCN(CCC)C(=O)CNC(=O)OC)ccc2c1. The summed E-state index contributed by atoms with van der Waals surface area (Å²) in [7, 11) is 3.10. The van der Waals surface area contributed by atoms with Crippen molar-refractivity contribution in [3.05, 3.63) is 65.6 Å². The number of imidazole rings is 1. The Bertz CT molecular complexity index is 2200. The predicted octanol–water partition coefficient (Wildman–Crippen LogP) is 6.24. The highest BCUT2D eigenvalue weighted by atomic mass is 16.5. The lowest BCUT2D eigenvalue weighted by Crippen LogP contribution is -2.41. The van der Waals surface area contributed by atoms with Gasteiger partial charge < -0.3 is 35.5 Å². The summed E-state index contributed by atoms with van der Waals surface area (Å²) in [6.07, 6.45) is 4.63. The number of ether oxygens (including phenoxy) is 1. The molecule has 298 valence electrons. The minimum absolute atomic E-state index is 0.0544. The van der Waals surface area contributed by atoms with E-state index in [2.05, 4.69) is 72.5 Å². The fourth-order valence-corrected chi connectivity index (χ4v) is 6.32. The van der Waals surface area contributed by atoms with Gasteiger partial charge in [0.1, 0.15) is 12.4 Å². The molecule has 13 heteroatoms. The smallest absolute Gasteiger partial charge is 0.407 e. The van der Waals surface area contributed by atoms with Crippen LogP contribution in [0.4, 0.5) is 16.2 Å². The van der Waals surface area contributed by atoms with Gasteiger partial charge in [0.2, 0.25) is 17.7 Å². The van der Waals surface area contributed by atoms with Crippen molar-refractivity contribution in [1.29, 1.82) is 0 Å². The summed E-state index contributed by atoms with van der Waals surface area (Å²) in [6.45, 7) is 10.7. The first-order chi connectivity index (χ1) is 27.6. The van der Waals surface area contributed by atoms with Crippen molar-refractivity contribution in [1.82, 2.24) is 30.4 Å². The van der Waals surface area contributed by atoms with Crippen LogP contribution in [0.2, 0.25) is 0 Å².